The summed E-state index contributed by atoms with van der Waals surface area (Å²) in [7, 11) is 0. The first-order valence-corrected chi connectivity index (χ1v) is 9.29. The third-order valence-corrected chi connectivity index (χ3v) is 4.54. The topological polar surface area (TPSA) is 0 Å². The van der Waals surface area contributed by atoms with Crippen molar-refractivity contribution in [3.05, 3.63) is 13.8 Å². The van der Waals surface area contributed by atoms with Crippen molar-refractivity contribution in [2.75, 3.05) is 0 Å². The van der Waals surface area contributed by atoms with Gasteiger partial charge in [-0.2, -0.15) is 0 Å². The SMILES string of the molecule is [CH2]CCCCCC(C)CCCCC(C)CCCCC[CH2]. The van der Waals surface area contributed by atoms with E-state index in [0.717, 1.165) is 24.7 Å². The molecule has 2 unspecified atom stereocenters. The van der Waals surface area contributed by atoms with Gasteiger partial charge in [-0.05, 0) is 11.8 Å². The van der Waals surface area contributed by atoms with E-state index >= 15 is 0 Å². The third kappa shape index (κ3) is 14.4. The molecule has 0 heterocycles. The summed E-state index contributed by atoms with van der Waals surface area (Å²) in [6, 6.07) is 0. The van der Waals surface area contributed by atoms with Crippen molar-refractivity contribution in [1.82, 2.24) is 0 Å². The Bertz CT molecular complexity index is 153. The summed E-state index contributed by atoms with van der Waals surface area (Å²) < 4.78 is 0. The first-order valence-electron chi connectivity index (χ1n) is 9.29. The van der Waals surface area contributed by atoms with Crippen LogP contribution in [0.2, 0.25) is 0 Å². The Morgan fingerprint density at radius 1 is 0.500 bits per heavy atom. The van der Waals surface area contributed by atoms with Crippen LogP contribution < -0.4 is 0 Å². The Hall–Kier alpha value is 0. The summed E-state index contributed by atoms with van der Waals surface area (Å²) in [5.41, 5.74) is 0. The van der Waals surface area contributed by atoms with Crippen LogP contribution in [0.1, 0.15) is 104 Å². The van der Waals surface area contributed by atoms with E-state index in [1.54, 1.807) is 0 Å². The summed E-state index contributed by atoms with van der Waals surface area (Å²) in [5, 5.41) is 0. The maximum atomic E-state index is 3.91. The predicted octanol–water partition coefficient (Wildman–Crippen LogP) is 7.39. The van der Waals surface area contributed by atoms with Gasteiger partial charge in [0.05, 0.1) is 0 Å². The number of hydrogen-bond donors (Lipinski definition) is 0. The normalized spacial score (nSPS) is 14.4. The molecule has 0 saturated heterocycles. The second-order valence-electron chi connectivity index (χ2n) is 6.90. The Morgan fingerprint density at radius 3 is 1.10 bits per heavy atom. The highest BCUT2D eigenvalue weighted by Crippen LogP contribution is 2.20. The van der Waals surface area contributed by atoms with Gasteiger partial charge in [-0.15, -0.1) is 0 Å². The number of unbranched alkanes of at least 4 members (excludes halogenated alkanes) is 7. The molecule has 0 rings (SSSR count). The van der Waals surface area contributed by atoms with Crippen LogP contribution >= 0.6 is 0 Å². The van der Waals surface area contributed by atoms with Gasteiger partial charge in [0.15, 0.2) is 0 Å². The molecule has 0 nitrogen and oxygen atoms in total. The minimum absolute atomic E-state index is 0.937. The molecule has 0 bridgehead atoms. The lowest BCUT2D eigenvalue weighted by molar-refractivity contribution is 0.403. The molecule has 0 aromatic carbocycles. The second-order valence-corrected chi connectivity index (χ2v) is 6.90. The highest BCUT2D eigenvalue weighted by molar-refractivity contribution is 4.58. The molecule has 120 valence electrons. The molecular formula is C20H40. The molecule has 2 radical (unpaired) electrons. The lowest BCUT2D eigenvalue weighted by Crippen LogP contribution is -1.98. The van der Waals surface area contributed by atoms with Crippen LogP contribution in [0.3, 0.4) is 0 Å². The second kappa shape index (κ2) is 15.4. The zero-order valence-electron chi connectivity index (χ0n) is 14.5. The molecule has 0 spiro atoms. The maximum absolute atomic E-state index is 3.91. The van der Waals surface area contributed by atoms with Crippen LogP contribution in [0.4, 0.5) is 0 Å². The van der Waals surface area contributed by atoms with Crippen LogP contribution in [0.25, 0.3) is 0 Å². The molecule has 0 N–H and O–H groups in total. The van der Waals surface area contributed by atoms with Crippen molar-refractivity contribution in [3.8, 4) is 0 Å². The van der Waals surface area contributed by atoms with E-state index in [4.69, 9.17) is 0 Å². The van der Waals surface area contributed by atoms with E-state index in [1.165, 1.54) is 77.0 Å². The van der Waals surface area contributed by atoms with Crippen LogP contribution in [0.5, 0.6) is 0 Å². The van der Waals surface area contributed by atoms with E-state index in [1.807, 2.05) is 0 Å². The molecule has 2 atom stereocenters. The third-order valence-electron chi connectivity index (χ3n) is 4.54. The van der Waals surface area contributed by atoms with Gasteiger partial charge in [0.1, 0.15) is 0 Å². The molecular weight excluding hydrogens is 240 g/mol. The van der Waals surface area contributed by atoms with Crippen molar-refractivity contribution in [2.24, 2.45) is 11.8 Å². The molecule has 0 aliphatic rings. The van der Waals surface area contributed by atoms with E-state index in [-0.39, 0.29) is 0 Å². The molecule has 0 saturated carbocycles. The average molecular weight is 281 g/mol. The van der Waals surface area contributed by atoms with Crippen molar-refractivity contribution < 1.29 is 0 Å². The Kier molecular flexibility index (Phi) is 15.4. The summed E-state index contributed by atoms with van der Waals surface area (Å²) >= 11 is 0. The Balaban J connectivity index is 3.28. The summed E-state index contributed by atoms with van der Waals surface area (Å²) in [5.74, 6) is 1.87. The van der Waals surface area contributed by atoms with Crippen LogP contribution in [0.15, 0.2) is 0 Å². The van der Waals surface area contributed by atoms with Crippen molar-refractivity contribution >= 4 is 0 Å². The first kappa shape index (κ1) is 20.0. The van der Waals surface area contributed by atoms with Gasteiger partial charge in [0, 0.05) is 0 Å². The highest BCUT2D eigenvalue weighted by atomic mass is 14.1. The standard InChI is InChI=1S/C20H40/c1-5-7-9-11-15-19(3)17-13-14-18-20(4)16-12-10-8-6-2/h19-20H,1-2,5-18H2,3-4H3. The average Bonchev–Trinajstić information content (AvgIpc) is 2.44. The van der Waals surface area contributed by atoms with E-state index in [2.05, 4.69) is 27.7 Å². The summed E-state index contributed by atoms with van der Waals surface area (Å²) in [6.45, 7) is 12.7. The lowest BCUT2D eigenvalue weighted by Gasteiger charge is -2.13. The van der Waals surface area contributed by atoms with Gasteiger partial charge in [-0.25, -0.2) is 0 Å². The van der Waals surface area contributed by atoms with Gasteiger partial charge in [0.25, 0.3) is 0 Å². The summed E-state index contributed by atoms with van der Waals surface area (Å²) in [6.07, 6.45) is 19.1. The Labute approximate surface area is 130 Å². The zero-order chi connectivity index (χ0) is 15.1. The van der Waals surface area contributed by atoms with Gasteiger partial charge < -0.3 is 0 Å². The minimum Gasteiger partial charge on any atom is -0.0625 e. The lowest BCUT2D eigenvalue weighted by atomic mass is 9.93. The molecule has 0 aliphatic heterocycles. The van der Waals surface area contributed by atoms with Crippen LogP contribution in [-0.4, -0.2) is 0 Å². The fourth-order valence-corrected chi connectivity index (χ4v) is 2.97. The van der Waals surface area contributed by atoms with Crippen molar-refractivity contribution in [1.29, 1.82) is 0 Å². The van der Waals surface area contributed by atoms with Gasteiger partial charge in [0.2, 0.25) is 0 Å². The Morgan fingerprint density at radius 2 is 0.800 bits per heavy atom. The number of rotatable bonds is 15. The molecule has 0 aromatic heterocycles. The monoisotopic (exact) mass is 280 g/mol. The fraction of sp³-hybridized carbons (Fsp3) is 0.900. The van der Waals surface area contributed by atoms with Crippen molar-refractivity contribution in [2.45, 2.75) is 104 Å². The molecule has 0 fully saturated rings. The minimum atomic E-state index is 0.937. The fourth-order valence-electron chi connectivity index (χ4n) is 2.97. The maximum Gasteiger partial charge on any atom is -0.0443 e. The molecule has 20 heavy (non-hydrogen) atoms. The largest absolute Gasteiger partial charge is 0.0625 e. The van der Waals surface area contributed by atoms with Gasteiger partial charge in [-0.1, -0.05) is 118 Å². The molecule has 0 amide bonds. The summed E-state index contributed by atoms with van der Waals surface area (Å²) in [4.78, 5) is 0. The van der Waals surface area contributed by atoms with E-state index < -0.39 is 0 Å². The zero-order valence-corrected chi connectivity index (χ0v) is 14.5. The number of hydrogen-bond acceptors (Lipinski definition) is 0. The van der Waals surface area contributed by atoms with Gasteiger partial charge in [-0.3, -0.25) is 0 Å². The van der Waals surface area contributed by atoms with Crippen LogP contribution in [-0.2, 0) is 0 Å². The first-order chi connectivity index (χ1) is 9.70. The molecule has 0 heteroatoms. The van der Waals surface area contributed by atoms with E-state index in [0.29, 0.717) is 0 Å². The van der Waals surface area contributed by atoms with E-state index in [9.17, 15) is 0 Å². The predicted molar refractivity (Wildman–Crippen MR) is 93.7 cm³/mol. The van der Waals surface area contributed by atoms with Gasteiger partial charge >= 0.3 is 0 Å². The molecule has 0 aliphatic carbocycles. The quantitative estimate of drug-likeness (QED) is 0.274. The highest BCUT2D eigenvalue weighted by Gasteiger charge is 2.04. The van der Waals surface area contributed by atoms with Crippen molar-refractivity contribution in [3.63, 3.8) is 0 Å². The molecule has 0 aromatic rings. The van der Waals surface area contributed by atoms with Crippen LogP contribution in [0, 0.1) is 25.7 Å². The smallest absolute Gasteiger partial charge is 0.0443 e.